The Hall–Kier alpha value is -2.56. The van der Waals surface area contributed by atoms with Gasteiger partial charge in [0, 0.05) is 0 Å². The van der Waals surface area contributed by atoms with Crippen molar-refractivity contribution in [2.75, 3.05) is 5.43 Å². The smallest absolute Gasteiger partial charge is 0.222 e. The molecule has 3 rings (SSSR count). The summed E-state index contributed by atoms with van der Waals surface area (Å²) in [6.45, 7) is 1.87. The van der Waals surface area contributed by atoms with E-state index in [1.165, 1.54) is 0 Å². The highest BCUT2D eigenvalue weighted by Gasteiger charge is 2.02. The number of hydrazone groups is 1. The minimum atomic E-state index is 0.613. The lowest BCUT2D eigenvalue weighted by Crippen LogP contribution is -1.99. The van der Waals surface area contributed by atoms with Gasteiger partial charge >= 0.3 is 0 Å². The van der Waals surface area contributed by atoms with Crippen molar-refractivity contribution in [3.63, 3.8) is 0 Å². The van der Waals surface area contributed by atoms with E-state index in [1.54, 1.807) is 6.26 Å². The van der Waals surface area contributed by atoms with Gasteiger partial charge in [-0.05, 0) is 31.2 Å². The second-order valence-corrected chi connectivity index (χ2v) is 3.89. The van der Waals surface area contributed by atoms with Gasteiger partial charge in [-0.3, -0.25) is 0 Å². The number of furan rings is 1. The number of fused-ring (bicyclic) bond motifs is 1. The summed E-state index contributed by atoms with van der Waals surface area (Å²) in [5, 5.41) is 4.21. The van der Waals surface area contributed by atoms with E-state index < -0.39 is 0 Å². The topological polar surface area (TPSA) is 66.2 Å². The van der Waals surface area contributed by atoms with Gasteiger partial charge in [0.2, 0.25) is 5.95 Å². The van der Waals surface area contributed by atoms with Gasteiger partial charge in [-0.15, -0.1) is 0 Å². The van der Waals surface area contributed by atoms with E-state index in [0.29, 0.717) is 5.95 Å². The second-order valence-electron chi connectivity index (χ2n) is 3.89. The van der Waals surface area contributed by atoms with Gasteiger partial charge in [0.1, 0.15) is 11.5 Å². The van der Waals surface area contributed by atoms with Gasteiger partial charge in [0.15, 0.2) is 0 Å². The van der Waals surface area contributed by atoms with Crippen molar-refractivity contribution in [1.29, 1.82) is 0 Å². The number of aromatic nitrogens is 2. The van der Waals surface area contributed by atoms with Gasteiger partial charge < -0.3 is 9.40 Å². The molecule has 2 heterocycles. The molecule has 0 amide bonds. The maximum absolute atomic E-state index is 5.24. The van der Waals surface area contributed by atoms with Crippen LogP contribution in [-0.2, 0) is 0 Å². The van der Waals surface area contributed by atoms with Crippen molar-refractivity contribution in [3.8, 4) is 0 Å². The Balaban J connectivity index is 1.82. The van der Waals surface area contributed by atoms with Crippen molar-refractivity contribution in [2.24, 2.45) is 5.10 Å². The van der Waals surface area contributed by atoms with E-state index in [-0.39, 0.29) is 0 Å². The minimum absolute atomic E-state index is 0.613. The van der Waals surface area contributed by atoms with E-state index in [4.69, 9.17) is 4.42 Å². The van der Waals surface area contributed by atoms with E-state index in [2.05, 4.69) is 20.5 Å². The Morgan fingerprint density at radius 1 is 1.28 bits per heavy atom. The third-order valence-electron chi connectivity index (χ3n) is 2.60. The van der Waals surface area contributed by atoms with E-state index in [9.17, 15) is 0 Å². The molecule has 2 aromatic heterocycles. The van der Waals surface area contributed by atoms with Crippen LogP contribution in [0.1, 0.15) is 12.7 Å². The summed E-state index contributed by atoms with van der Waals surface area (Å²) in [5.74, 6) is 1.35. The van der Waals surface area contributed by atoms with Gasteiger partial charge in [-0.2, -0.15) is 5.10 Å². The monoisotopic (exact) mass is 240 g/mol. The highest BCUT2D eigenvalue weighted by atomic mass is 16.3. The molecule has 1 aromatic carbocycles. The largest absolute Gasteiger partial charge is 0.463 e. The van der Waals surface area contributed by atoms with Gasteiger partial charge in [-0.1, -0.05) is 12.1 Å². The number of imidazole rings is 1. The second kappa shape index (κ2) is 4.37. The van der Waals surface area contributed by atoms with Gasteiger partial charge in [0.25, 0.3) is 0 Å². The summed E-state index contributed by atoms with van der Waals surface area (Å²) in [6, 6.07) is 11.5. The summed E-state index contributed by atoms with van der Waals surface area (Å²) in [6.07, 6.45) is 1.62. The highest BCUT2D eigenvalue weighted by Crippen LogP contribution is 2.13. The van der Waals surface area contributed by atoms with E-state index >= 15 is 0 Å². The van der Waals surface area contributed by atoms with Gasteiger partial charge in [0.05, 0.1) is 17.3 Å². The van der Waals surface area contributed by atoms with Crippen LogP contribution in [-0.4, -0.2) is 15.7 Å². The first-order chi connectivity index (χ1) is 8.83. The molecule has 2 N–H and O–H groups in total. The number of H-pyrrole nitrogens is 1. The molecular formula is C13H12N4O. The van der Waals surface area contributed by atoms with Crippen molar-refractivity contribution >= 4 is 22.7 Å². The van der Waals surface area contributed by atoms with Crippen LogP contribution in [0.25, 0.3) is 11.0 Å². The molecule has 0 aliphatic carbocycles. The molecule has 0 saturated heterocycles. The lowest BCUT2D eigenvalue weighted by atomic mass is 10.3. The van der Waals surface area contributed by atoms with Crippen LogP contribution in [0, 0.1) is 0 Å². The lowest BCUT2D eigenvalue weighted by molar-refractivity contribution is 0.557. The van der Waals surface area contributed by atoms with Crippen LogP contribution in [0.15, 0.2) is 52.2 Å². The summed E-state index contributed by atoms with van der Waals surface area (Å²) in [4.78, 5) is 7.50. The number of nitrogens with one attached hydrogen (secondary N) is 2. The van der Waals surface area contributed by atoms with Crippen LogP contribution < -0.4 is 5.43 Å². The SMILES string of the molecule is C/C(=N\Nc1nc2ccccc2[nH]1)c1ccco1. The average Bonchev–Trinajstić information content (AvgIpc) is 3.04. The minimum Gasteiger partial charge on any atom is -0.463 e. The molecule has 0 bridgehead atoms. The molecule has 90 valence electrons. The number of aromatic amines is 1. The number of benzene rings is 1. The van der Waals surface area contributed by atoms with E-state index in [1.807, 2.05) is 43.3 Å². The lowest BCUT2D eigenvalue weighted by Gasteiger charge is -1.96. The fourth-order valence-electron chi connectivity index (χ4n) is 1.68. The Bertz CT molecular complexity index is 649. The molecule has 0 aliphatic heterocycles. The zero-order valence-corrected chi connectivity index (χ0v) is 9.84. The van der Waals surface area contributed by atoms with Crippen molar-refractivity contribution in [1.82, 2.24) is 9.97 Å². The van der Waals surface area contributed by atoms with Crippen molar-refractivity contribution in [2.45, 2.75) is 6.92 Å². The maximum Gasteiger partial charge on any atom is 0.222 e. The predicted octanol–water partition coefficient (Wildman–Crippen LogP) is 2.99. The first kappa shape index (κ1) is 10.6. The van der Waals surface area contributed by atoms with Crippen LogP contribution in [0.4, 0.5) is 5.95 Å². The standard InChI is InChI=1S/C13H12N4O/c1-9(12-7-4-8-18-12)16-17-13-14-10-5-2-3-6-11(10)15-13/h2-8H,1H3,(H2,14,15,17)/b16-9+. The summed E-state index contributed by atoms with van der Waals surface area (Å²) >= 11 is 0. The molecule has 5 nitrogen and oxygen atoms in total. The number of para-hydroxylation sites is 2. The zero-order valence-electron chi connectivity index (χ0n) is 9.84. The number of hydrogen-bond acceptors (Lipinski definition) is 4. The van der Waals surface area contributed by atoms with Crippen LogP contribution >= 0.6 is 0 Å². The first-order valence-corrected chi connectivity index (χ1v) is 5.62. The Morgan fingerprint density at radius 3 is 2.94 bits per heavy atom. The van der Waals surface area contributed by atoms with Crippen LogP contribution in [0.2, 0.25) is 0 Å². The van der Waals surface area contributed by atoms with Gasteiger partial charge in [-0.25, -0.2) is 10.4 Å². The van der Waals surface area contributed by atoms with Crippen molar-refractivity contribution < 1.29 is 4.42 Å². The fourth-order valence-corrected chi connectivity index (χ4v) is 1.68. The Kier molecular flexibility index (Phi) is 2.57. The molecule has 0 spiro atoms. The third-order valence-corrected chi connectivity index (χ3v) is 2.60. The molecular weight excluding hydrogens is 228 g/mol. The summed E-state index contributed by atoms with van der Waals surface area (Å²) in [7, 11) is 0. The molecule has 0 atom stereocenters. The molecule has 18 heavy (non-hydrogen) atoms. The Morgan fingerprint density at radius 2 is 2.17 bits per heavy atom. The predicted molar refractivity (Wildman–Crippen MR) is 70.6 cm³/mol. The molecule has 0 aliphatic rings. The number of hydrogen-bond donors (Lipinski definition) is 2. The number of rotatable bonds is 3. The fraction of sp³-hybridized carbons (Fsp3) is 0.0769. The quantitative estimate of drug-likeness (QED) is 0.546. The first-order valence-electron chi connectivity index (χ1n) is 5.62. The molecule has 0 saturated carbocycles. The maximum atomic E-state index is 5.24. The molecule has 0 radical (unpaired) electrons. The van der Waals surface area contributed by atoms with E-state index in [0.717, 1.165) is 22.5 Å². The number of anilines is 1. The Labute approximate surface area is 104 Å². The third kappa shape index (κ3) is 1.98. The van der Waals surface area contributed by atoms with Crippen molar-refractivity contribution in [3.05, 3.63) is 48.4 Å². The molecule has 0 fully saturated rings. The molecule has 5 heteroatoms. The molecule has 3 aromatic rings. The number of nitrogens with zero attached hydrogens (tertiary/aromatic N) is 2. The highest BCUT2D eigenvalue weighted by molar-refractivity contribution is 5.96. The zero-order chi connectivity index (χ0) is 12.4. The normalized spacial score (nSPS) is 11.9. The van der Waals surface area contributed by atoms with Crippen LogP contribution in [0.3, 0.4) is 0 Å². The van der Waals surface area contributed by atoms with Crippen LogP contribution in [0.5, 0.6) is 0 Å². The summed E-state index contributed by atoms with van der Waals surface area (Å²) < 4.78 is 5.24. The summed E-state index contributed by atoms with van der Waals surface area (Å²) in [5.41, 5.74) is 5.53. The molecule has 0 unspecified atom stereocenters. The average molecular weight is 240 g/mol.